The number of ether oxygens (including phenoxy) is 4. The smallest absolute Gasteiger partial charge is 0.294 e. The molecule has 0 radical (unpaired) electrons. The summed E-state index contributed by atoms with van der Waals surface area (Å²) in [5.41, 5.74) is 3.80. The van der Waals surface area contributed by atoms with Crippen LogP contribution < -0.4 is 18.9 Å². The van der Waals surface area contributed by atoms with Gasteiger partial charge in [0.1, 0.15) is 0 Å². The van der Waals surface area contributed by atoms with Gasteiger partial charge in [-0.15, -0.1) is 0 Å². The summed E-state index contributed by atoms with van der Waals surface area (Å²) >= 11 is 0. The van der Waals surface area contributed by atoms with Gasteiger partial charge in [0.15, 0.2) is 23.0 Å². The van der Waals surface area contributed by atoms with Gasteiger partial charge in [0.25, 0.3) is 10.1 Å². The van der Waals surface area contributed by atoms with E-state index in [-0.39, 0.29) is 4.90 Å². The van der Waals surface area contributed by atoms with E-state index in [0.717, 1.165) is 46.9 Å². The van der Waals surface area contributed by atoms with Crippen LogP contribution in [0.5, 0.6) is 23.0 Å². The molecule has 1 unspecified atom stereocenters. The Morgan fingerprint density at radius 1 is 0.732 bits per heavy atom. The van der Waals surface area contributed by atoms with Gasteiger partial charge >= 0.3 is 0 Å². The molecule has 9 heteroatoms. The molecule has 1 atom stereocenters. The molecular weight excluding hydrogens is 542 g/mol. The third-order valence-electron chi connectivity index (χ3n) is 8.22. The van der Waals surface area contributed by atoms with Crippen LogP contribution in [0, 0.1) is 6.92 Å². The van der Waals surface area contributed by atoms with Crippen molar-refractivity contribution in [3.8, 4) is 23.0 Å². The van der Waals surface area contributed by atoms with E-state index < -0.39 is 10.1 Å². The van der Waals surface area contributed by atoms with Crippen LogP contribution in [0.15, 0.2) is 53.4 Å². The highest BCUT2D eigenvalue weighted by molar-refractivity contribution is 7.85. The second-order valence-electron chi connectivity index (χ2n) is 10.6. The summed E-state index contributed by atoms with van der Waals surface area (Å²) < 4.78 is 52.1. The van der Waals surface area contributed by atoms with Crippen LogP contribution >= 0.6 is 0 Å². The van der Waals surface area contributed by atoms with Crippen LogP contribution in [0.1, 0.15) is 36.0 Å². The van der Waals surface area contributed by atoms with Crippen molar-refractivity contribution >= 4 is 31.7 Å². The predicted octanol–water partition coefficient (Wildman–Crippen LogP) is 6.18. The number of nitrogens with zero attached hydrogens (tertiary/aromatic N) is 1. The normalized spacial score (nSPS) is 16.8. The number of piperidine rings is 1. The summed E-state index contributed by atoms with van der Waals surface area (Å²) in [4.78, 5) is 2.59. The molecule has 0 aliphatic carbocycles. The minimum absolute atomic E-state index is 0.0666. The number of benzene rings is 4. The van der Waals surface area contributed by atoms with E-state index in [1.165, 1.54) is 65.2 Å². The maximum Gasteiger partial charge on any atom is 0.294 e. The third-order valence-corrected chi connectivity index (χ3v) is 9.09. The van der Waals surface area contributed by atoms with Crippen molar-refractivity contribution in [1.29, 1.82) is 0 Å². The molecule has 0 spiro atoms. The summed E-state index contributed by atoms with van der Waals surface area (Å²) in [7, 11) is 2.76. The van der Waals surface area contributed by atoms with Gasteiger partial charge in [-0.2, -0.15) is 8.42 Å². The lowest BCUT2D eigenvalue weighted by atomic mass is 9.82. The molecule has 41 heavy (non-hydrogen) atoms. The molecule has 0 aromatic heterocycles. The quantitative estimate of drug-likeness (QED) is 0.221. The van der Waals surface area contributed by atoms with Crippen LogP contribution in [0.2, 0.25) is 0 Å². The summed E-state index contributed by atoms with van der Waals surface area (Å²) in [5.74, 6) is 3.04. The van der Waals surface area contributed by atoms with Gasteiger partial charge in [-0.3, -0.25) is 9.45 Å². The Morgan fingerprint density at radius 3 is 1.71 bits per heavy atom. The highest BCUT2D eigenvalue weighted by Gasteiger charge is 2.31. The largest absolute Gasteiger partial charge is 0.493 e. The molecule has 0 saturated carbocycles. The van der Waals surface area contributed by atoms with E-state index >= 15 is 0 Å². The van der Waals surface area contributed by atoms with Crippen LogP contribution in [-0.2, 0) is 23.1 Å². The number of aryl methyl sites for hydroxylation is 1. The molecule has 2 aliphatic rings. The molecule has 1 saturated heterocycles. The van der Waals surface area contributed by atoms with Crippen LogP contribution in [0.4, 0.5) is 0 Å². The first-order valence-electron chi connectivity index (χ1n) is 13.7. The molecule has 6 rings (SSSR count). The van der Waals surface area contributed by atoms with Crippen molar-refractivity contribution in [3.63, 3.8) is 0 Å². The lowest BCUT2D eigenvalue weighted by molar-refractivity contribution is 0.128. The Kier molecular flexibility index (Phi) is 8.31. The van der Waals surface area contributed by atoms with E-state index in [2.05, 4.69) is 29.2 Å². The predicted molar refractivity (Wildman–Crippen MR) is 160 cm³/mol. The van der Waals surface area contributed by atoms with E-state index in [0.29, 0.717) is 6.04 Å². The molecule has 4 aromatic rings. The number of rotatable bonds is 5. The highest BCUT2D eigenvalue weighted by Crippen LogP contribution is 2.46. The van der Waals surface area contributed by atoms with Crippen molar-refractivity contribution in [2.45, 2.75) is 50.1 Å². The molecule has 4 aromatic carbocycles. The molecule has 2 aliphatic heterocycles. The number of hydrogen-bond acceptors (Lipinski definition) is 7. The van der Waals surface area contributed by atoms with Gasteiger partial charge in [0, 0.05) is 12.6 Å². The van der Waals surface area contributed by atoms with Crippen molar-refractivity contribution < 1.29 is 31.9 Å². The number of methoxy groups -OCH3 is 4. The fourth-order valence-corrected chi connectivity index (χ4v) is 6.57. The first-order valence-corrected chi connectivity index (χ1v) is 15.2. The van der Waals surface area contributed by atoms with Crippen LogP contribution in [0.3, 0.4) is 0 Å². The van der Waals surface area contributed by atoms with Crippen LogP contribution in [-0.4, -0.2) is 58.9 Å². The molecule has 1 N–H and O–H groups in total. The van der Waals surface area contributed by atoms with E-state index in [4.69, 9.17) is 23.5 Å². The maximum absolute atomic E-state index is 10.5. The Hall–Kier alpha value is -3.53. The minimum Gasteiger partial charge on any atom is -0.493 e. The average molecular weight is 580 g/mol. The number of fused-ring (bicyclic) bond motifs is 7. The monoisotopic (exact) mass is 579 g/mol. The fourth-order valence-electron chi connectivity index (χ4n) is 6.09. The Bertz CT molecular complexity index is 1590. The Morgan fingerprint density at radius 2 is 1.22 bits per heavy atom. The zero-order chi connectivity index (χ0) is 29.3. The van der Waals surface area contributed by atoms with Crippen molar-refractivity contribution in [1.82, 2.24) is 4.90 Å². The van der Waals surface area contributed by atoms with Gasteiger partial charge < -0.3 is 18.9 Å². The minimum atomic E-state index is -4.02. The fraction of sp³-hybridized carbons (Fsp3) is 0.375. The summed E-state index contributed by atoms with van der Waals surface area (Å²) in [5, 5.41) is 4.84. The topological polar surface area (TPSA) is 94.5 Å². The molecule has 8 nitrogen and oxygen atoms in total. The zero-order valence-electron chi connectivity index (χ0n) is 24.2. The Balaban J connectivity index is 0.000000259. The molecule has 0 amide bonds. The first kappa shape index (κ1) is 29.0. The summed E-state index contributed by atoms with van der Waals surface area (Å²) in [6.07, 6.45) is 4.97. The lowest BCUT2D eigenvalue weighted by Crippen LogP contribution is -2.43. The SMILES string of the molecule is COc1cc2c3c(c4cc(OC)c(OC)cc4c2cc1OC)CN1CCCCC1C3.Cc1ccc(S(=O)(=O)O)cc1. The maximum atomic E-state index is 10.5. The molecule has 0 bridgehead atoms. The third kappa shape index (κ3) is 5.66. The van der Waals surface area contributed by atoms with Gasteiger partial charge in [-0.05, 0) is 102 Å². The van der Waals surface area contributed by atoms with Crippen molar-refractivity contribution in [2.75, 3.05) is 35.0 Å². The van der Waals surface area contributed by atoms with Gasteiger partial charge in [-0.25, -0.2) is 0 Å². The standard InChI is InChI=1S/C25H29NO4.C7H8O3S/c1-27-22-10-17-16-9-15-7-5-6-8-26(15)14-21(16)20-13-25(30-4)24(29-3)12-19(20)18(17)11-23(22)28-2;1-6-2-4-7(5-3-6)11(8,9)10/h10-13,15H,5-9,14H2,1-4H3;2-5H,1H3,(H,8,9,10). The zero-order valence-corrected chi connectivity index (χ0v) is 25.0. The Labute approximate surface area is 241 Å². The highest BCUT2D eigenvalue weighted by atomic mass is 32.2. The van der Waals surface area contributed by atoms with Crippen LogP contribution in [0.25, 0.3) is 21.5 Å². The average Bonchev–Trinajstić information content (AvgIpc) is 2.99. The molecule has 218 valence electrons. The molecule has 1 fully saturated rings. The van der Waals surface area contributed by atoms with E-state index in [9.17, 15) is 8.42 Å². The van der Waals surface area contributed by atoms with E-state index in [1.807, 2.05) is 6.92 Å². The van der Waals surface area contributed by atoms with Gasteiger partial charge in [0.05, 0.1) is 33.3 Å². The summed E-state index contributed by atoms with van der Waals surface area (Å²) in [6, 6.07) is 15.1. The second-order valence-corrected chi connectivity index (χ2v) is 12.0. The van der Waals surface area contributed by atoms with Crippen molar-refractivity contribution in [3.05, 3.63) is 65.2 Å². The first-order chi connectivity index (χ1) is 19.7. The van der Waals surface area contributed by atoms with Gasteiger partial charge in [0.2, 0.25) is 0 Å². The van der Waals surface area contributed by atoms with E-state index in [1.54, 1.807) is 40.6 Å². The summed E-state index contributed by atoms with van der Waals surface area (Å²) in [6.45, 7) is 4.01. The molecular formula is C32H37NO7S. The van der Waals surface area contributed by atoms with Gasteiger partial charge in [-0.1, -0.05) is 24.1 Å². The number of hydrogen-bond donors (Lipinski definition) is 1. The molecule has 2 heterocycles. The van der Waals surface area contributed by atoms with Crippen molar-refractivity contribution in [2.24, 2.45) is 0 Å². The lowest BCUT2D eigenvalue weighted by Gasteiger charge is -2.41. The second kappa shape index (κ2) is 11.8.